The summed E-state index contributed by atoms with van der Waals surface area (Å²) in [5.74, 6) is -0.377. The van der Waals surface area contributed by atoms with E-state index < -0.39 is 0 Å². The maximum Gasteiger partial charge on any atom is 0.268 e. The van der Waals surface area contributed by atoms with Crippen molar-refractivity contribution in [1.29, 1.82) is 0 Å². The van der Waals surface area contributed by atoms with Crippen LogP contribution in [0.3, 0.4) is 0 Å². The molecule has 0 spiro atoms. The van der Waals surface area contributed by atoms with Gasteiger partial charge in [-0.25, -0.2) is 0 Å². The number of aromatic nitrogens is 1. The number of nitrogens with zero attached hydrogens (tertiary/aromatic N) is 1. The Hall–Kier alpha value is -1.30. The Morgan fingerprint density at radius 1 is 1.53 bits per heavy atom. The number of rotatable bonds is 4. The molecule has 0 saturated heterocycles. The minimum Gasteiger partial charge on any atom is -0.352 e. The molecule has 0 aromatic carbocycles. The number of hydrogen-bond donors (Lipinski definition) is 2. The van der Waals surface area contributed by atoms with Crippen molar-refractivity contribution in [3.05, 3.63) is 22.4 Å². The molecule has 1 aromatic rings. The highest BCUT2D eigenvalue weighted by atomic mass is 79.9. The Kier molecular flexibility index (Phi) is 3.51. The van der Waals surface area contributed by atoms with Crippen molar-refractivity contribution < 1.29 is 9.59 Å². The van der Waals surface area contributed by atoms with Gasteiger partial charge in [-0.1, -0.05) is 0 Å². The van der Waals surface area contributed by atoms with E-state index in [0.717, 1.165) is 17.3 Å². The summed E-state index contributed by atoms with van der Waals surface area (Å²) in [6.45, 7) is 0.0259. The van der Waals surface area contributed by atoms with Crippen LogP contribution in [0.4, 0.5) is 0 Å². The molecule has 2 rings (SSSR count). The largest absolute Gasteiger partial charge is 0.352 e. The summed E-state index contributed by atoms with van der Waals surface area (Å²) in [5.41, 5.74) is 0.524. The zero-order chi connectivity index (χ0) is 12.4. The zero-order valence-electron chi connectivity index (χ0n) is 9.50. The van der Waals surface area contributed by atoms with E-state index in [1.54, 1.807) is 23.9 Å². The molecule has 2 N–H and O–H groups in total. The lowest BCUT2D eigenvalue weighted by molar-refractivity contribution is -0.120. The molecule has 5 nitrogen and oxygen atoms in total. The third kappa shape index (κ3) is 3.33. The van der Waals surface area contributed by atoms with Crippen molar-refractivity contribution in [3.8, 4) is 0 Å². The molecule has 1 saturated carbocycles. The highest BCUT2D eigenvalue weighted by molar-refractivity contribution is 9.10. The number of halogens is 1. The van der Waals surface area contributed by atoms with Crippen LogP contribution in [0.25, 0.3) is 0 Å². The third-order valence-corrected chi connectivity index (χ3v) is 2.99. The van der Waals surface area contributed by atoms with Crippen molar-refractivity contribution in [2.75, 3.05) is 6.54 Å². The summed E-state index contributed by atoms with van der Waals surface area (Å²) < 4.78 is 2.55. The summed E-state index contributed by atoms with van der Waals surface area (Å²) in [7, 11) is 1.78. The van der Waals surface area contributed by atoms with Crippen LogP contribution in [-0.2, 0) is 11.8 Å². The van der Waals surface area contributed by atoms with Crippen LogP contribution in [-0.4, -0.2) is 29.0 Å². The summed E-state index contributed by atoms with van der Waals surface area (Å²) in [6, 6.07) is 2.04. The van der Waals surface area contributed by atoms with E-state index in [0.29, 0.717) is 11.7 Å². The average molecular weight is 300 g/mol. The summed E-state index contributed by atoms with van der Waals surface area (Å²) >= 11 is 3.29. The van der Waals surface area contributed by atoms with Crippen molar-refractivity contribution in [1.82, 2.24) is 15.2 Å². The maximum absolute atomic E-state index is 11.8. The summed E-state index contributed by atoms with van der Waals surface area (Å²) in [4.78, 5) is 23.1. The lowest BCUT2D eigenvalue weighted by atomic mass is 10.4. The first-order valence-corrected chi connectivity index (χ1v) is 6.25. The van der Waals surface area contributed by atoms with E-state index in [9.17, 15) is 9.59 Å². The first-order valence-electron chi connectivity index (χ1n) is 5.45. The normalized spacial score (nSPS) is 14.5. The molecular formula is C11H14BrN3O2. The number of aryl methyl sites for hydroxylation is 1. The predicted molar refractivity (Wildman–Crippen MR) is 66.6 cm³/mol. The van der Waals surface area contributed by atoms with E-state index in [2.05, 4.69) is 26.6 Å². The second-order valence-corrected chi connectivity index (χ2v) is 5.09. The van der Waals surface area contributed by atoms with Gasteiger partial charge in [-0.2, -0.15) is 0 Å². The molecule has 0 bridgehead atoms. The van der Waals surface area contributed by atoms with E-state index >= 15 is 0 Å². The van der Waals surface area contributed by atoms with Crippen LogP contribution in [0.15, 0.2) is 16.7 Å². The second kappa shape index (κ2) is 4.91. The minimum atomic E-state index is -0.246. The van der Waals surface area contributed by atoms with E-state index in [-0.39, 0.29) is 18.4 Å². The fourth-order valence-corrected chi connectivity index (χ4v) is 2.03. The number of carbonyl (C=O) groups is 2. The van der Waals surface area contributed by atoms with Gasteiger partial charge >= 0.3 is 0 Å². The fourth-order valence-electron chi connectivity index (χ4n) is 1.51. The molecule has 6 heteroatoms. The smallest absolute Gasteiger partial charge is 0.268 e. The Balaban J connectivity index is 1.84. The van der Waals surface area contributed by atoms with E-state index in [4.69, 9.17) is 0 Å². The molecule has 1 aliphatic rings. The molecule has 1 aliphatic carbocycles. The molecule has 17 heavy (non-hydrogen) atoms. The number of amides is 2. The summed E-state index contributed by atoms with van der Waals surface area (Å²) in [6.07, 6.45) is 3.88. The van der Waals surface area contributed by atoms with Gasteiger partial charge in [-0.05, 0) is 34.8 Å². The molecular weight excluding hydrogens is 286 g/mol. The van der Waals surface area contributed by atoms with Crippen molar-refractivity contribution in [3.63, 3.8) is 0 Å². The van der Waals surface area contributed by atoms with Gasteiger partial charge in [0.15, 0.2) is 0 Å². The molecule has 92 valence electrons. The highest BCUT2D eigenvalue weighted by Crippen LogP contribution is 2.18. The van der Waals surface area contributed by atoms with Crippen LogP contribution in [0, 0.1) is 0 Å². The Morgan fingerprint density at radius 2 is 2.24 bits per heavy atom. The first kappa shape index (κ1) is 12.2. The highest BCUT2D eigenvalue weighted by Gasteiger charge is 2.23. The first-order chi connectivity index (χ1) is 8.06. The molecule has 1 heterocycles. The Labute approximate surface area is 108 Å². The molecule has 0 atom stereocenters. The maximum atomic E-state index is 11.8. The predicted octanol–water partition coefficient (Wildman–Crippen LogP) is 0.796. The van der Waals surface area contributed by atoms with Crippen LogP contribution >= 0.6 is 15.9 Å². The molecule has 1 aromatic heterocycles. The molecule has 1 fully saturated rings. The van der Waals surface area contributed by atoms with Gasteiger partial charge in [0.2, 0.25) is 5.91 Å². The van der Waals surface area contributed by atoms with Crippen molar-refractivity contribution >= 4 is 27.7 Å². The third-order valence-electron chi connectivity index (χ3n) is 2.56. The van der Waals surface area contributed by atoms with Crippen LogP contribution < -0.4 is 10.6 Å². The second-order valence-electron chi connectivity index (χ2n) is 4.18. The van der Waals surface area contributed by atoms with Gasteiger partial charge in [0, 0.05) is 23.8 Å². The van der Waals surface area contributed by atoms with Crippen LogP contribution in [0.2, 0.25) is 0 Å². The van der Waals surface area contributed by atoms with Gasteiger partial charge in [-0.15, -0.1) is 0 Å². The Bertz CT molecular complexity index is 452. The van der Waals surface area contributed by atoms with Gasteiger partial charge in [0.05, 0.1) is 6.54 Å². The van der Waals surface area contributed by atoms with Crippen molar-refractivity contribution in [2.24, 2.45) is 7.05 Å². The van der Waals surface area contributed by atoms with Gasteiger partial charge < -0.3 is 15.2 Å². The summed E-state index contributed by atoms with van der Waals surface area (Å²) in [5, 5.41) is 5.40. The topological polar surface area (TPSA) is 63.1 Å². The monoisotopic (exact) mass is 299 g/mol. The van der Waals surface area contributed by atoms with E-state index in [1.807, 2.05) is 0 Å². The molecule has 0 unspecified atom stereocenters. The molecule has 0 aliphatic heterocycles. The number of hydrogen-bond acceptors (Lipinski definition) is 2. The van der Waals surface area contributed by atoms with Gasteiger partial charge in [-0.3, -0.25) is 9.59 Å². The zero-order valence-corrected chi connectivity index (χ0v) is 11.1. The number of nitrogens with one attached hydrogen (secondary N) is 2. The quantitative estimate of drug-likeness (QED) is 0.864. The Morgan fingerprint density at radius 3 is 2.76 bits per heavy atom. The lowest BCUT2D eigenvalue weighted by Crippen LogP contribution is -2.38. The van der Waals surface area contributed by atoms with Crippen LogP contribution in [0.1, 0.15) is 23.3 Å². The molecule has 2 amide bonds. The van der Waals surface area contributed by atoms with Gasteiger partial charge in [0.1, 0.15) is 5.69 Å². The minimum absolute atomic E-state index is 0.0259. The molecule has 0 radical (unpaired) electrons. The van der Waals surface area contributed by atoms with Gasteiger partial charge in [0.25, 0.3) is 5.91 Å². The van der Waals surface area contributed by atoms with E-state index in [1.165, 1.54) is 0 Å². The number of carbonyl (C=O) groups excluding carboxylic acids is 2. The fraction of sp³-hybridized carbons (Fsp3) is 0.455. The van der Waals surface area contributed by atoms with Crippen molar-refractivity contribution in [2.45, 2.75) is 18.9 Å². The SMILES string of the molecule is Cn1cc(Br)cc1C(=O)NCC(=O)NC1CC1. The standard InChI is InChI=1S/C11H14BrN3O2/c1-15-6-7(12)4-9(15)11(17)13-5-10(16)14-8-2-3-8/h4,6,8H,2-3,5H2,1H3,(H,13,17)(H,14,16). The van der Waals surface area contributed by atoms with Crippen LogP contribution in [0.5, 0.6) is 0 Å². The lowest BCUT2D eigenvalue weighted by Gasteiger charge is -2.06. The average Bonchev–Trinajstić information content (AvgIpc) is 3.00.